The molecule has 2 aliphatic carbocycles. The molecular weight excluding hydrogens is 436 g/mol. The summed E-state index contributed by atoms with van der Waals surface area (Å²) in [6, 6.07) is 15.8. The van der Waals surface area contributed by atoms with E-state index in [-0.39, 0.29) is 36.8 Å². The van der Waals surface area contributed by atoms with E-state index in [0.29, 0.717) is 25.9 Å². The Morgan fingerprint density at radius 1 is 0.971 bits per heavy atom. The largest absolute Gasteiger partial charge is 0.481 e. The third kappa shape index (κ3) is 4.50. The first-order valence-corrected chi connectivity index (χ1v) is 11.7. The van der Waals surface area contributed by atoms with Crippen molar-refractivity contribution in [3.05, 3.63) is 59.7 Å². The van der Waals surface area contributed by atoms with Crippen molar-refractivity contribution in [1.82, 2.24) is 10.6 Å². The van der Waals surface area contributed by atoms with Crippen molar-refractivity contribution < 1.29 is 29.0 Å². The Labute approximate surface area is 197 Å². The van der Waals surface area contributed by atoms with Crippen molar-refractivity contribution in [2.45, 2.75) is 49.8 Å². The Morgan fingerprint density at radius 3 is 2.26 bits per heavy atom. The summed E-state index contributed by atoms with van der Waals surface area (Å²) in [6.45, 7) is 0.579. The number of aliphatic carboxylic acids is 1. The highest BCUT2D eigenvalue weighted by atomic mass is 16.6. The van der Waals surface area contributed by atoms with Crippen LogP contribution >= 0.6 is 0 Å². The number of carbonyl (C=O) groups excluding carboxylic acids is 2. The molecule has 5 rings (SSSR count). The van der Waals surface area contributed by atoms with E-state index in [2.05, 4.69) is 34.9 Å². The van der Waals surface area contributed by atoms with Gasteiger partial charge in [0.25, 0.3) is 5.91 Å². The van der Waals surface area contributed by atoms with Crippen LogP contribution in [0.25, 0.3) is 11.1 Å². The molecule has 0 spiro atoms. The maximum Gasteiger partial charge on any atom is 0.407 e. The van der Waals surface area contributed by atoms with Gasteiger partial charge in [-0.15, -0.1) is 0 Å². The van der Waals surface area contributed by atoms with Gasteiger partial charge in [-0.3, -0.25) is 9.59 Å². The fourth-order valence-corrected chi connectivity index (χ4v) is 5.34. The molecule has 1 saturated carbocycles. The van der Waals surface area contributed by atoms with Crippen LogP contribution in [0.3, 0.4) is 0 Å². The number of hydrogen-bond acceptors (Lipinski definition) is 5. The van der Waals surface area contributed by atoms with E-state index >= 15 is 0 Å². The van der Waals surface area contributed by atoms with E-state index in [0.717, 1.165) is 22.3 Å². The van der Waals surface area contributed by atoms with Gasteiger partial charge in [-0.2, -0.15) is 0 Å². The molecule has 0 aromatic heterocycles. The molecule has 34 heavy (non-hydrogen) atoms. The third-order valence-electron chi connectivity index (χ3n) is 7.04. The van der Waals surface area contributed by atoms with Crippen molar-refractivity contribution >= 4 is 18.0 Å². The number of nitrogens with one attached hydrogen (secondary N) is 2. The number of carbonyl (C=O) groups is 3. The highest BCUT2D eigenvalue weighted by Crippen LogP contribution is 2.44. The second-order valence-corrected chi connectivity index (χ2v) is 9.30. The van der Waals surface area contributed by atoms with Gasteiger partial charge in [-0.25, -0.2) is 4.79 Å². The SMILES string of the molecule is O=C(O)CC1CC(NC(=O)[C@@H]2OCC[C@@H]2NC(=O)OCC2c3ccccc3-c3ccccc32)C1. The van der Waals surface area contributed by atoms with E-state index in [9.17, 15) is 14.4 Å². The van der Waals surface area contributed by atoms with Crippen LogP contribution in [0.5, 0.6) is 0 Å². The zero-order valence-corrected chi connectivity index (χ0v) is 18.7. The molecule has 2 fully saturated rings. The number of fused-ring (bicyclic) bond motifs is 3. The molecule has 2 aromatic rings. The van der Waals surface area contributed by atoms with Crippen LogP contribution in [-0.4, -0.2) is 54.5 Å². The number of carboxylic acid groups (broad SMARTS) is 1. The molecular formula is C26H28N2O6. The first kappa shape index (κ1) is 22.4. The number of amides is 2. The Bertz CT molecular complexity index is 1050. The molecule has 0 unspecified atom stereocenters. The standard InChI is InChI=1S/C26H28N2O6/c29-23(30)13-15-11-16(12-15)27-25(31)24-22(9-10-33-24)28-26(32)34-14-21-19-7-3-1-5-17(19)18-6-2-4-8-20(18)21/h1-8,15-16,21-22,24H,9-14H2,(H,27,31)(H,28,32)(H,29,30)/t15?,16?,22-,24+/m0/s1. The van der Waals surface area contributed by atoms with Gasteiger partial charge < -0.3 is 25.2 Å². The first-order valence-electron chi connectivity index (χ1n) is 11.7. The summed E-state index contributed by atoms with van der Waals surface area (Å²) >= 11 is 0. The summed E-state index contributed by atoms with van der Waals surface area (Å²) < 4.78 is 11.2. The Hall–Kier alpha value is -3.39. The van der Waals surface area contributed by atoms with Crippen molar-refractivity contribution in [2.75, 3.05) is 13.2 Å². The molecule has 0 radical (unpaired) electrons. The molecule has 1 aliphatic heterocycles. The fourth-order valence-electron chi connectivity index (χ4n) is 5.34. The van der Waals surface area contributed by atoms with Crippen LogP contribution in [0.1, 0.15) is 42.7 Å². The number of benzene rings is 2. The van der Waals surface area contributed by atoms with Crippen LogP contribution in [0, 0.1) is 5.92 Å². The number of alkyl carbamates (subject to hydrolysis) is 1. The smallest absolute Gasteiger partial charge is 0.407 e. The second-order valence-electron chi connectivity index (χ2n) is 9.30. The Kier molecular flexibility index (Phi) is 6.24. The zero-order valence-electron chi connectivity index (χ0n) is 18.7. The van der Waals surface area contributed by atoms with E-state index < -0.39 is 24.2 Å². The van der Waals surface area contributed by atoms with E-state index in [4.69, 9.17) is 14.6 Å². The van der Waals surface area contributed by atoms with E-state index in [1.807, 2.05) is 24.3 Å². The predicted molar refractivity (Wildman–Crippen MR) is 123 cm³/mol. The fraction of sp³-hybridized carbons (Fsp3) is 0.423. The zero-order chi connectivity index (χ0) is 23.7. The number of hydrogen-bond donors (Lipinski definition) is 3. The Morgan fingerprint density at radius 2 is 1.62 bits per heavy atom. The van der Waals surface area contributed by atoms with Crippen LogP contribution in [0.2, 0.25) is 0 Å². The first-order chi connectivity index (χ1) is 16.5. The van der Waals surface area contributed by atoms with Gasteiger partial charge in [0, 0.05) is 25.0 Å². The average molecular weight is 465 g/mol. The number of ether oxygens (including phenoxy) is 2. The van der Waals surface area contributed by atoms with Crippen LogP contribution in [0.4, 0.5) is 4.79 Å². The summed E-state index contributed by atoms with van der Waals surface area (Å²) in [7, 11) is 0. The molecule has 178 valence electrons. The molecule has 8 nitrogen and oxygen atoms in total. The van der Waals surface area contributed by atoms with Gasteiger partial charge >= 0.3 is 12.1 Å². The molecule has 2 aromatic carbocycles. The lowest BCUT2D eigenvalue weighted by Crippen LogP contribution is -2.53. The monoisotopic (exact) mass is 464 g/mol. The Balaban J connectivity index is 1.14. The van der Waals surface area contributed by atoms with Gasteiger partial charge in [-0.1, -0.05) is 48.5 Å². The minimum absolute atomic E-state index is 0.0329. The summed E-state index contributed by atoms with van der Waals surface area (Å²) in [4.78, 5) is 36.1. The maximum absolute atomic E-state index is 12.7. The van der Waals surface area contributed by atoms with Gasteiger partial charge in [0.2, 0.25) is 0 Å². The van der Waals surface area contributed by atoms with Crippen molar-refractivity contribution in [2.24, 2.45) is 5.92 Å². The number of rotatable bonds is 7. The summed E-state index contributed by atoms with van der Waals surface area (Å²) in [5.41, 5.74) is 4.60. The normalized spacial score (nSPS) is 25.1. The second kappa shape index (κ2) is 9.46. The summed E-state index contributed by atoms with van der Waals surface area (Å²) in [5.74, 6) is -1.03. The highest BCUT2D eigenvalue weighted by molar-refractivity contribution is 5.83. The summed E-state index contributed by atoms with van der Waals surface area (Å²) in [6.07, 6.45) is 0.594. The van der Waals surface area contributed by atoms with Gasteiger partial charge in [0.1, 0.15) is 6.61 Å². The summed E-state index contributed by atoms with van der Waals surface area (Å²) in [5, 5.41) is 14.6. The quantitative estimate of drug-likeness (QED) is 0.580. The topological polar surface area (TPSA) is 114 Å². The van der Waals surface area contributed by atoms with Crippen molar-refractivity contribution in [1.29, 1.82) is 0 Å². The van der Waals surface area contributed by atoms with E-state index in [1.165, 1.54) is 0 Å². The maximum atomic E-state index is 12.7. The van der Waals surface area contributed by atoms with Crippen LogP contribution < -0.4 is 10.6 Å². The van der Waals surface area contributed by atoms with Gasteiger partial charge in [-0.05, 0) is 47.4 Å². The molecule has 2 atom stereocenters. The van der Waals surface area contributed by atoms with Crippen molar-refractivity contribution in [3.8, 4) is 11.1 Å². The van der Waals surface area contributed by atoms with Gasteiger partial charge in [0.15, 0.2) is 6.10 Å². The van der Waals surface area contributed by atoms with E-state index in [1.54, 1.807) is 0 Å². The lowest BCUT2D eigenvalue weighted by Gasteiger charge is -2.35. The highest BCUT2D eigenvalue weighted by Gasteiger charge is 2.39. The molecule has 8 heteroatoms. The predicted octanol–water partition coefficient (Wildman–Crippen LogP) is 3.05. The minimum atomic E-state index is -0.818. The molecule has 3 N–H and O–H groups in total. The van der Waals surface area contributed by atoms with Crippen molar-refractivity contribution in [3.63, 3.8) is 0 Å². The molecule has 2 amide bonds. The van der Waals surface area contributed by atoms with Crippen LogP contribution in [-0.2, 0) is 19.1 Å². The lowest BCUT2D eigenvalue weighted by molar-refractivity contribution is -0.139. The molecule has 0 bridgehead atoms. The average Bonchev–Trinajstić information content (AvgIpc) is 3.38. The van der Waals surface area contributed by atoms with Gasteiger partial charge in [0.05, 0.1) is 6.04 Å². The number of carboxylic acids is 1. The third-order valence-corrected chi connectivity index (χ3v) is 7.04. The molecule has 3 aliphatic rings. The molecule has 1 heterocycles. The lowest BCUT2D eigenvalue weighted by atomic mass is 9.78. The minimum Gasteiger partial charge on any atom is -0.481 e. The van der Waals surface area contributed by atoms with Crippen LogP contribution in [0.15, 0.2) is 48.5 Å². The molecule has 1 saturated heterocycles.